The minimum Gasteiger partial charge on any atom is -0.392 e. The summed E-state index contributed by atoms with van der Waals surface area (Å²) in [6.45, 7) is 3.95. The lowest BCUT2D eigenvalue weighted by molar-refractivity contribution is 0.176. The highest BCUT2D eigenvalue weighted by Gasteiger charge is 1.82. The van der Waals surface area contributed by atoms with Gasteiger partial charge in [0.05, 0.1) is 6.21 Å². The standard InChI is InChI=1S/C10H11NO/c1-2-8-12-11-9-10-6-4-3-5-7-10/h2-7,9H,1,8H2/b11-9+. The molecule has 0 aromatic heterocycles. The van der Waals surface area contributed by atoms with Crippen LogP contribution in [-0.4, -0.2) is 12.8 Å². The van der Waals surface area contributed by atoms with Crippen molar-refractivity contribution in [1.82, 2.24) is 0 Å². The van der Waals surface area contributed by atoms with Crippen molar-refractivity contribution in [2.24, 2.45) is 5.16 Å². The van der Waals surface area contributed by atoms with Crippen LogP contribution in [0, 0.1) is 0 Å². The Morgan fingerprint density at radius 1 is 1.33 bits per heavy atom. The van der Waals surface area contributed by atoms with Crippen molar-refractivity contribution < 1.29 is 4.84 Å². The molecule has 0 radical (unpaired) electrons. The van der Waals surface area contributed by atoms with Gasteiger partial charge in [-0.1, -0.05) is 48.1 Å². The zero-order valence-electron chi connectivity index (χ0n) is 6.81. The topological polar surface area (TPSA) is 21.6 Å². The highest BCUT2D eigenvalue weighted by molar-refractivity contribution is 5.78. The summed E-state index contributed by atoms with van der Waals surface area (Å²) >= 11 is 0. The molecule has 2 nitrogen and oxygen atoms in total. The molecular formula is C10H11NO. The Hall–Kier alpha value is -1.57. The van der Waals surface area contributed by atoms with Crippen LogP contribution in [-0.2, 0) is 4.84 Å². The van der Waals surface area contributed by atoms with Gasteiger partial charge in [-0.25, -0.2) is 0 Å². The maximum Gasteiger partial charge on any atom is 0.135 e. The van der Waals surface area contributed by atoms with Crippen molar-refractivity contribution in [3.63, 3.8) is 0 Å². The Bertz CT molecular complexity index is 254. The number of nitrogens with zero attached hydrogens (tertiary/aromatic N) is 1. The molecule has 0 aliphatic rings. The summed E-state index contributed by atoms with van der Waals surface area (Å²) in [4.78, 5) is 4.84. The average Bonchev–Trinajstić information content (AvgIpc) is 2.14. The van der Waals surface area contributed by atoms with Crippen LogP contribution in [0.5, 0.6) is 0 Å². The van der Waals surface area contributed by atoms with Gasteiger partial charge in [-0.05, 0) is 5.56 Å². The van der Waals surface area contributed by atoms with Crippen molar-refractivity contribution in [3.8, 4) is 0 Å². The summed E-state index contributed by atoms with van der Waals surface area (Å²) in [6, 6.07) is 9.78. The molecule has 0 amide bonds. The fourth-order valence-corrected chi connectivity index (χ4v) is 0.733. The molecule has 0 aliphatic heterocycles. The lowest BCUT2D eigenvalue weighted by Crippen LogP contribution is -1.83. The molecule has 12 heavy (non-hydrogen) atoms. The van der Waals surface area contributed by atoms with E-state index in [1.807, 2.05) is 30.3 Å². The maximum absolute atomic E-state index is 4.84. The van der Waals surface area contributed by atoms with Crippen LogP contribution in [0.3, 0.4) is 0 Å². The average molecular weight is 161 g/mol. The number of oxime groups is 1. The maximum atomic E-state index is 4.84. The van der Waals surface area contributed by atoms with E-state index in [2.05, 4.69) is 11.7 Å². The van der Waals surface area contributed by atoms with Crippen LogP contribution in [0.2, 0.25) is 0 Å². The minimum atomic E-state index is 0.448. The molecule has 1 aromatic carbocycles. The third kappa shape index (κ3) is 3.01. The highest BCUT2D eigenvalue weighted by atomic mass is 16.6. The quantitative estimate of drug-likeness (QED) is 0.287. The number of benzene rings is 1. The van der Waals surface area contributed by atoms with Crippen molar-refractivity contribution in [2.75, 3.05) is 6.61 Å². The second-order valence-corrected chi connectivity index (χ2v) is 2.23. The summed E-state index contributed by atoms with van der Waals surface area (Å²) in [6.07, 6.45) is 3.33. The van der Waals surface area contributed by atoms with Gasteiger partial charge >= 0.3 is 0 Å². The molecule has 0 saturated heterocycles. The summed E-state index contributed by atoms with van der Waals surface area (Å²) in [5, 5.41) is 3.74. The van der Waals surface area contributed by atoms with Crippen LogP contribution in [0.4, 0.5) is 0 Å². The molecule has 1 rings (SSSR count). The summed E-state index contributed by atoms with van der Waals surface area (Å²) < 4.78 is 0. The monoisotopic (exact) mass is 161 g/mol. The molecule has 0 fully saturated rings. The molecule has 0 spiro atoms. The predicted molar refractivity (Wildman–Crippen MR) is 50.2 cm³/mol. The fraction of sp³-hybridized carbons (Fsp3) is 0.100. The lowest BCUT2D eigenvalue weighted by atomic mass is 10.2. The Morgan fingerprint density at radius 3 is 2.75 bits per heavy atom. The van der Waals surface area contributed by atoms with Gasteiger partial charge < -0.3 is 4.84 Å². The first-order valence-corrected chi connectivity index (χ1v) is 3.75. The number of hydrogen-bond donors (Lipinski definition) is 0. The van der Waals surface area contributed by atoms with Crippen molar-refractivity contribution >= 4 is 6.21 Å². The predicted octanol–water partition coefficient (Wildman–Crippen LogP) is 2.22. The van der Waals surface area contributed by atoms with Gasteiger partial charge in [0.25, 0.3) is 0 Å². The molecule has 62 valence electrons. The molecule has 0 N–H and O–H groups in total. The van der Waals surface area contributed by atoms with E-state index in [0.29, 0.717) is 6.61 Å². The largest absolute Gasteiger partial charge is 0.392 e. The molecule has 0 saturated carbocycles. The van der Waals surface area contributed by atoms with E-state index in [4.69, 9.17) is 4.84 Å². The van der Waals surface area contributed by atoms with Crippen LogP contribution >= 0.6 is 0 Å². The molecule has 0 atom stereocenters. The molecule has 1 aromatic rings. The van der Waals surface area contributed by atoms with E-state index in [-0.39, 0.29) is 0 Å². The van der Waals surface area contributed by atoms with Gasteiger partial charge in [-0.3, -0.25) is 0 Å². The zero-order valence-corrected chi connectivity index (χ0v) is 6.81. The van der Waals surface area contributed by atoms with Crippen molar-refractivity contribution in [3.05, 3.63) is 48.6 Å². The number of hydrogen-bond acceptors (Lipinski definition) is 2. The van der Waals surface area contributed by atoms with Crippen molar-refractivity contribution in [2.45, 2.75) is 0 Å². The SMILES string of the molecule is C=CCO/N=C/c1ccccc1. The Balaban J connectivity index is 2.41. The first kappa shape index (κ1) is 8.53. The van der Waals surface area contributed by atoms with Gasteiger partial charge in [0, 0.05) is 0 Å². The molecule has 0 heterocycles. The first-order chi connectivity index (χ1) is 5.93. The van der Waals surface area contributed by atoms with Gasteiger partial charge in [0.1, 0.15) is 6.61 Å². The lowest BCUT2D eigenvalue weighted by Gasteiger charge is -1.91. The Morgan fingerprint density at radius 2 is 2.08 bits per heavy atom. The van der Waals surface area contributed by atoms with Crippen LogP contribution in [0.15, 0.2) is 48.1 Å². The van der Waals surface area contributed by atoms with E-state index in [1.54, 1.807) is 12.3 Å². The van der Waals surface area contributed by atoms with Gasteiger partial charge in [-0.2, -0.15) is 0 Å². The van der Waals surface area contributed by atoms with Gasteiger partial charge in [-0.15, -0.1) is 0 Å². The number of rotatable bonds is 4. The van der Waals surface area contributed by atoms with Crippen LogP contribution < -0.4 is 0 Å². The second kappa shape index (κ2) is 5.13. The molecular weight excluding hydrogens is 150 g/mol. The molecule has 0 unspecified atom stereocenters. The van der Waals surface area contributed by atoms with E-state index in [1.165, 1.54) is 0 Å². The normalized spacial score (nSPS) is 10.0. The van der Waals surface area contributed by atoms with Gasteiger partial charge in [0.2, 0.25) is 0 Å². The zero-order chi connectivity index (χ0) is 8.65. The summed E-state index contributed by atoms with van der Waals surface area (Å²) in [7, 11) is 0. The molecule has 0 aliphatic carbocycles. The Labute approximate surface area is 72.2 Å². The van der Waals surface area contributed by atoms with E-state index >= 15 is 0 Å². The van der Waals surface area contributed by atoms with E-state index in [0.717, 1.165) is 5.56 Å². The minimum absolute atomic E-state index is 0.448. The van der Waals surface area contributed by atoms with Gasteiger partial charge in [0.15, 0.2) is 0 Å². The smallest absolute Gasteiger partial charge is 0.135 e. The second-order valence-electron chi connectivity index (χ2n) is 2.23. The summed E-state index contributed by atoms with van der Waals surface area (Å²) in [5.74, 6) is 0. The molecule has 2 heteroatoms. The van der Waals surface area contributed by atoms with Crippen LogP contribution in [0.1, 0.15) is 5.56 Å². The van der Waals surface area contributed by atoms with E-state index < -0.39 is 0 Å². The van der Waals surface area contributed by atoms with E-state index in [9.17, 15) is 0 Å². The fourth-order valence-electron chi connectivity index (χ4n) is 0.733. The van der Waals surface area contributed by atoms with Crippen molar-refractivity contribution in [1.29, 1.82) is 0 Å². The Kier molecular flexibility index (Phi) is 3.64. The first-order valence-electron chi connectivity index (χ1n) is 3.75. The molecule has 0 bridgehead atoms. The van der Waals surface area contributed by atoms with Crippen LogP contribution in [0.25, 0.3) is 0 Å². The summed E-state index contributed by atoms with van der Waals surface area (Å²) in [5.41, 5.74) is 1.03. The highest BCUT2D eigenvalue weighted by Crippen LogP contribution is 1.93. The third-order valence-corrected chi connectivity index (χ3v) is 1.27. The third-order valence-electron chi connectivity index (χ3n) is 1.27.